The Bertz CT molecular complexity index is 1350. The van der Waals surface area contributed by atoms with Crippen molar-refractivity contribution in [2.24, 2.45) is 0 Å². The molecule has 1 unspecified atom stereocenters. The van der Waals surface area contributed by atoms with Gasteiger partial charge in [-0.15, -0.1) is 5.10 Å². The Morgan fingerprint density at radius 1 is 1.02 bits per heavy atom. The van der Waals surface area contributed by atoms with Gasteiger partial charge in [0.2, 0.25) is 0 Å². The molecule has 0 fully saturated rings. The fraction of sp³-hybridized carbons (Fsp3) is 0.391. The van der Waals surface area contributed by atoms with Gasteiger partial charge in [-0.25, -0.2) is 4.79 Å². The third kappa shape index (κ3) is 5.77. The van der Waals surface area contributed by atoms with E-state index < -0.39 is 65.0 Å². The van der Waals surface area contributed by atoms with E-state index in [2.05, 4.69) is 20.6 Å². The highest BCUT2D eigenvalue weighted by atomic mass is 19.4. The smallest absolute Gasteiger partial charge is 0.416 e. The van der Waals surface area contributed by atoms with Crippen LogP contribution in [-0.2, 0) is 25.1 Å². The maximum absolute atomic E-state index is 13.7. The van der Waals surface area contributed by atoms with Gasteiger partial charge >= 0.3 is 24.6 Å². The van der Waals surface area contributed by atoms with Crippen LogP contribution in [0.15, 0.2) is 30.3 Å². The number of hydrogen-bond acceptors (Lipinski definition) is 5. The molecule has 0 radical (unpaired) electrons. The average molecular weight is 582 g/mol. The number of carbonyl (C=O) groups is 1. The number of rotatable bonds is 4. The zero-order valence-corrected chi connectivity index (χ0v) is 20.3. The summed E-state index contributed by atoms with van der Waals surface area (Å²) in [6.45, 7) is 0.216. The summed E-state index contributed by atoms with van der Waals surface area (Å²) in [4.78, 5) is 13.9. The summed E-state index contributed by atoms with van der Waals surface area (Å²) in [5.74, 6) is -0.275. The number of H-pyrrole nitrogens is 1. The molecule has 0 saturated heterocycles. The first-order valence-corrected chi connectivity index (χ1v) is 11.5. The quantitative estimate of drug-likeness (QED) is 0.337. The predicted octanol–water partition coefficient (Wildman–Crippen LogP) is 6.59. The van der Waals surface area contributed by atoms with E-state index in [0.717, 1.165) is 24.0 Å². The first kappa shape index (κ1) is 28.9. The molecule has 2 N–H and O–H groups in total. The molecule has 1 aliphatic rings. The molecular weight excluding hydrogens is 563 g/mol. The van der Waals surface area contributed by atoms with E-state index in [1.165, 1.54) is 4.90 Å². The van der Waals surface area contributed by atoms with Gasteiger partial charge in [0.25, 0.3) is 5.95 Å². The van der Waals surface area contributed by atoms with Crippen LogP contribution in [0.4, 0.5) is 55.9 Å². The van der Waals surface area contributed by atoms with Crippen LogP contribution < -0.4 is 9.80 Å². The van der Waals surface area contributed by atoms with Gasteiger partial charge in [0.05, 0.1) is 28.4 Å². The van der Waals surface area contributed by atoms with Crippen molar-refractivity contribution in [2.45, 2.75) is 50.9 Å². The lowest BCUT2D eigenvalue weighted by atomic mass is 9.94. The number of benzene rings is 2. The maximum Gasteiger partial charge on any atom is 0.416 e. The van der Waals surface area contributed by atoms with E-state index in [1.54, 1.807) is 0 Å². The summed E-state index contributed by atoms with van der Waals surface area (Å²) >= 11 is 0. The van der Waals surface area contributed by atoms with E-state index in [4.69, 9.17) is 0 Å². The lowest BCUT2D eigenvalue weighted by Gasteiger charge is -2.33. The van der Waals surface area contributed by atoms with Crippen molar-refractivity contribution in [3.05, 3.63) is 63.7 Å². The van der Waals surface area contributed by atoms with Gasteiger partial charge in [0, 0.05) is 13.1 Å². The number of alkyl halides is 9. The number of aromatic amines is 1. The molecule has 2 aromatic carbocycles. The number of anilines is 2. The summed E-state index contributed by atoms with van der Waals surface area (Å²) in [6.07, 6.45) is -16.5. The van der Waals surface area contributed by atoms with Crippen molar-refractivity contribution >= 4 is 17.7 Å². The van der Waals surface area contributed by atoms with Crippen LogP contribution in [0.3, 0.4) is 0 Å². The molecule has 1 amide bonds. The predicted molar refractivity (Wildman–Crippen MR) is 120 cm³/mol. The van der Waals surface area contributed by atoms with Gasteiger partial charge in [-0.05, 0) is 65.9 Å². The van der Waals surface area contributed by atoms with E-state index in [9.17, 15) is 49.4 Å². The Morgan fingerprint density at radius 3 is 2.15 bits per heavy atom. The molecule has 0 spiro atoms. The summed E-state index contributed by atoms with van der Waals surface area (Å²) in [5, 5.41) is 22.9. The molecule has 216 valence electrons. The second-order valence-corrected chi connectivity index (χ2v) is 9.02. The fourth-order valence-electron chi connectivity index (χ4n) is 4.79. The molecule has 8 nitrogen and oxygen atoms in total. The number of aromatic nitrogens is 4. The molecule has 0 saturated carbocycles. The molecule has 1 aliphatic heterocycles. The van der Waals surface area contributed by atoms with Crippen LogP contribution in [0, 0.1) is 6.92 Å². The third-order valence-electron chi connectivity index (χ3n) is 6.45. The van der Waals surface area contributed by atoms with Crippen LogP contribution in [0.2, 0.25) is 0 Å². The highest BCUT2D eigenvalue weighted by Crippen LogP contribution is 2.45. The number of tetrazole rings is 1. The zero-order chi connectivity index (χ0) is 29.6. The Hall–Kier alpha value is -4.05. The van der Waals surface area contributed by atoms with Crippen molar-refractivity contribution in [2.75, 3.05) is 16.3 Å². The number of nitrogens with one attached hydrogen (secondary N) is 1. The van der Waals surface area contributed by atoms with Crippen molar-refractivity contribution in [3.63, 3.8) is 0 Å². The average Bonchev–Trinajstić information content (AvgIpc) is 3.28. The fourth-order valence-corrected chi connectivity index (χ4v) is 4.79. The van der Waals surface area contributed by atoms with Crippen molar-refractivity contribution in [1.82, 2.24) is 20.6 Å². The minimum atomic E-state index is -5.12. The summed E-state index contributed by atoms with van der Waals surface area (Å²) < 4.78 is 122. The molecule has 4 rings (SSSR count). The zero-order valence-electron chi connectivity index (χ0n) is 20.3. The van der Waals surface area contributed by atoms with Crippen LogP contribution in [0.5, 0.6) is 0 Å². The number of halogens is 9. The Balaban J connectivity index is 1.90. The third-order valence-corrected chi connectivity index (χ3v) is 6.45. The molecule has 1 aromatic heterocycles. The van der Waals surface area contributed by atoms with Gasteiger partial charge in [-0.3, -0.25) is 4.90 Å². The molecule has 17 heteroatoms. The van der Waals surface area contributed by atoms with Gasteiger partial charge in [0.15, 0.2) is 0 Å². The van der Waals surface area contributed by atoms with Crippen LogP contribution >= 0.6 is 0 Å². The maximum atomic E-state index is 13.7. The Labute approximate surface area is 219 Å². The van der Waals surface area contributed by atoms with E-state index in [-0.39, 0.29) is 42.7 Å². The van der Waals surface area contributed by atoms with E-state index in [0.29, 0.717) is 12.1 Å². The summed E-state index contributed by atoms with van der Waals surface area (Å²) in [7, 11) is 0. The number of hydrogen-bond donors (Lipinski definition) is 2. The minimum absolute atomic E-state index is 0.0318. The Morgan fingerprint density at radius 2 is 1.65 bits per heavy atom. The second kappa shape index (κ2) is 10.2. The molecule has 0 bridgehead atoms. The first-order valence-electron chi connectivity index (χ1n) is 11.5. The highest BCUT2D eigenvalue weighted by molar-refractivity contribution is 5.89. The lowest BCUT2D eigenvalue weighted by molar-refractivity contribution is -0.143. The number of carboxylic acid groups (broad SMARTS) is 1. The van der Waals surface area contributed by atoms with Gasteiger partial charge < -0.3 is 10.0 Å². The van der Waals surface area contributed by atoms with E-state index >= 15 is 0 Å². The van der Waals surface area contributed by atoms with Gasteiger partial charge in [0.1, 0.15) is 0 Å². The number of nitrogens with zero attached hydrogens (tertiary/aromatic N) is 5. The van der Waals surface area contributed by atoms with Gasteiger partial charge in [-0.1, -0.05) is 11.2 Å². The van der Waals surface area contributed by atoms with Gasteiger partial charge in [-0.2, -0.15) is 44.7 Å². The highest BCUT2D eigenvalue weighted by Gasteiger charge is 2.40. The molecular formula is C23H19F9N6O2. The topological polar surface area (TPSA) is 98.2 Å². The van der Waals surface area contributed by atoms with E-state index in [1.807, 2.05) is 0 Å². The molecule has 40 heavy (non-hydrogen) atoms. The standard InChI is InChI=1S/C23H19F9N6O2/c1-11-16(23(30,31)32)5-4-15-17(3-2-6-37(18(11)15)20(39)40)38(19-33-35-36-34-19)10-12-7-13(21(24,25)26)9-14(8-12)22(27,28)29/h4-5,7-9,17H,2-3,6,10H2,1H3,(H,39,40)(H,33,34,35,36). The first-order chi connectivity index (χ1) is 18.5. The van der Waals surface area contributed by atoms with Crippen molar-refractivity contribution < 1.29 is 49.4 Å². The number of amides is 1. The normalized spacial score (nSPS) is 16.4. The number of fused-ring (bicyclic) bond motifs is 1. The minimum Gasteiger partial charge on any atom is -0.465 e. The molecule has 3 aromatic rings. The lowest BCUT2D eigenvalue weighted by Crippen LogP contribution is -2.32. The summed E-state index contributed by atoms with van der Waals surface area (Å²) in [6, 6.07) is 1.73. The molecule has 2 heterocycles. The van der Waals surface area contributed by atoms with Crippen LogP contribution in [0.25, 0.3) is 0 Å². The van der Waals surface area contributed by atoms with Crippen LogP contribution in [0.1, 0.15) is 52.3 Å². The monoisotopic (exact) mass is 582 g/mol. The van der Waals surface area contributed by atoms with Crippen LogP contribution in [-0.4, -0.2) is 38.4 Å². The van der Waals surface area contributed by atoms with Crippen molar-refractivity contribution in [1.29, 1.82) is 0 Å². The second-order valence-electron chi connectivity index (χ2n) is 9.02. The molecule has 1 atom stereocenters. The Kier molecular flexibility index (Phi) is 7.36. The molecule has 0 aliphatic carbocycles. The largest absolute Gasteiger partial charge is 0.465 e. The SMILES string of the molecule is Cc1c(C(F)(F)F)ccc2c1N(C(=O)O)CCCC2N(Cc1cc(C(F)(F)F)cc(C(F)(F)F)c1)c1nn[nH]n1. The van der Waals surface area contributed by atoms with Crippen molar-refractivity contribution in [3.8, 4) is 0 Å². The summed E-state index contributed by atoms with van der Waals surface area (Å²) in [5.41, 5.74) is -5.33.